The lowest BCUT2D eigenvalue weighted by atomic mass is 9.93. The number of nitrogens with one attached hydrogen (secondary N) is 1. The minimum absolute atomic E-state index is 0.192. The van der Waals surface area contributed by atoms with Crippen molar-refractivity contribution >= 4 is 5.91 Å². The number of rotatable bonds is 6. The Kier molecular flexibility index (Phi) is 6.29. The van der Waals surface area contributed by atoms with Gasteiger partial charge in [-0.3, -0.25) is 9.59 Å². The molecule has 1 saturated heterocycles. The van der Waals surface area contributed by atoms with Crippen LogP contribution in [0.4, 0.5) is 0 Å². The van der Waals surface area contributed by atoms with Gasteiger partial charge >= 0.3 is 0 Å². The van der Waals surface area contributed by atoms with Crippen molar-refractivity contribution in [3.05, 3.63) is 52.3 Å². The molecule has 1 fully saturated rings. The summed E-state index contributed by atoms with van der Waals surface area (Å²) in [6, 6.07) is 10.8. The fourth-order valence-electron chi connectivity index (χ4n) is 3.46. The number of likely N-dealkylation sites (tertiary alicyclic amines) is 1. The smallest absolute Gasteiger partial charge is 0.261 e. The molecule has 3 rings (SSSR count). The second kappa shape index (κ2) is 8.86. The molecular formula is C21H26N2O4. The normalized spacial score (nSPS) is 15.0. The molecule has 0 radical (unpaired) electrons. The summed E-state index contributed by atoms with van der Waals surface area (Å²) in [5.74, 6) is 1.15. The molecule has 27 heavy (non-hydrogen) atoms. The number of hydrogen-bond donors (Lipinski definition) is 1. The Bertz CT molecular complexity index is 821. The summed E-state index contributed by atoms with van der Waals surface area (Å²) in [6.45, 7) is 2.13. The number of pyridine rings is 1. The van der Waals surface area contributed by atoms with E-state index in [1.165, 1.54) is 0 Å². The van der Waals surface area contributed by atoms with Crippen LogP contribution < -0.4 is 10.3 Å². The predicted octanol–water partition coefficient (Wildman–Crippen LogP) is 2.94. The Hall–Kier alpha value is -2.60. The highest BCUT2D eigenvalue weighted by molar-refractivity contribution is 5.94. The number of nitrogens with zero attached hydrogens (tertiary/aromatic N) is 1. The molecular weight excluding hydrogens is 344 g/mol. The number of piperidine rings is 1. The molecule has 1 amide bonds. The molecule has 0 unspecified atom stereocenters. The first-order valence-corrected chi connectivity index (χ1v) is 9.28. The average molecular weight is 370 g/mol. The van der Waals surface area contributed by atoms with Gasteiger partial charge in [0.05, 0.1) is 7.11 Å². The number of carbonyl (C=O) groups is 1. The molecule has 1 aliphatic heterocycles. The third kappa shape index (κ3) is 4.57. The fraction of sp³-hybridized carbons (Fsp3) is 0.429. The monoisotopic (exact) mass is 370 g/mol. The molecule has 2 aromatic rings. The number of ether oxygens (including phenoxy) is 2. The van der Waals surface area contributed by atoms with Crippen LogP contribution in [0.5, 0.6) is 5.75 Å². The van der Waals surface area contributed by atoms with Gasteiger partial charge in [0.1, 0.15) is 11.3 Å². The van der Waals surface area contributed by atoms with Crippen LogP contribution in [0.3, 0.4) is 0 Å². The molecule has 2 heterocycles. The minimum atomic E-state index is -0.352. The van der Waals surface area contributed by atoms with Crippen molar-refractivity contribution in [1.29, 1.82) is 0 Å². The molecule has 6 heteroatoms. The number of aromatic amines is 1. The van der Waals surface area contributed by atoms with Gasteiger partial charge < -0.3 is 19.4 Å². The SMILES string of the molecule is COCCC1CCN(C(=O)c2ccc(-c3ccc(OC)cc3)[nH]c2=O)CC1. The summed E-state index contributed by atoms with van der Waals surface area (Å²) in [4.78, 5) is 29.8. The highest BCUT2D eigenvalue weighted by Crippen LogP contribution is 2.22. The van der Waals surface area contributed by atoms with Gasteiger partial charge in [0, 0.05) is 32.5 Å². The average Bonchev–Trinajstić information content (AvgIpc) is 2.72. The molecule has 1 aromatic heterocycles. The van der Waals surface area contributed by atoms with E-state index in [1.807, 2.05) is 24.3 Å². The van der Waals surface area contributed by atoms with Crippen LogP contribution in [0, 0.1) is 5.92 Å². The molecule has 0 saturated carbocycles. The quantitative estimate of drug-likeness (QED) is 0.849. The van der Waals surface area contributed by atoms with Crippen molar-refractivity contribution in [2.75, 3.05) is 33.9 Å². The van der Waals surface area contributed by atoms with Crippen LogP contribution in [-0.2, 0) is 4.74 Å². The van der Waals surface area contributed by atoms with Crippen LogP contribution in [0.25, 0.3) is 11.3 Å². The highest BCUT2D eigenvalue weighted by Gasteiger charge is 2.25. The molecule has 1 N–H and O–H groups in total. The Balaban J connectivity index is 1.68. The summed E-state index contributed by atoms with van der Waals surface area (Å²) in [5.41, 5.74) is 1.39. The van der Waals surface area contributed by atoms with Crippen molar-refractivity contribution in [1.82, 2.24) is 9.88 Å². The number of benzene rings is 1. The summed E-state index contributed by atoms with van der Waals surface area (Å²) < 4.78 is 10.3. The van der Waals surface area contributed by atoms with Gasteiger partial charge in [0.2, 0.25) is 0 Å². The van der Waals surface area contributed by atoms with Crippen molar-refractivity contribution in [2.45, 2.75) is 19.3 Å². The zero-order chi connectivity index (χ0) is 19.2. The van der Waals surface area contributed by atoms with Crippen molar-refractivity contribution in [3.63, 3.8) is 0 Å². The van der Waals surface area contributed by atoms with Gasteiger partial charge in [-0.1, -0.05) is 0 Å². The number of aromatic nitrogens is 1. The van der Waals surface area contributed by atoms with E-state index in [-0.39, 0.29) is 17.0 Å². The van der Waals surface area contributed by atoms with E-state index in [1.54, 1.807) is 31.3 Å². The van der Waals surface area contributed by atoms with Crippen LogP contribution in [-0.4, -0.2) is 49.7 Å². The maximum Gasteiger partial charge on any atom is 0.261 e. The van der Waals surface area contributed by atoms with E-state index < -0.39 is 0 Å². The fourth-order valence-corrected chi connectivity index (χ4v) is 3.46. The maximum atomic E-state index is 12.7. The lowest BCUT2D eigenvalue weighted by Crippen LogP contribution is -2.40. The molecule has 0 atom stereocenters. The first-order chi connectivity index (χ1) is 13.1. The largest absolute Gasteiger partial charge is 0.497 e. The Morgan fingerprint density at radius 1 is 1.11 bits per heavy atom. The Labute approximate surface area is 159 Å². The second-order valence-corrected chi connectivity index (χ2v) is 6.86. The summed E-state index contributed by atoms with van der Waals surface area (Å²) >= 11 is 0. The van der Waals surface area contributed by atoms with E-state index >= 15 is 0 Å². The molecule has 1 aromatic carbocycles. The summed E-state index contributed by atoms with van der Waals surface area (Å²) in [7, 11) is 3.32. The Morgan fingerprint density at radius 3 is 2.41 bits per heavy atom. The number of carbonyl (C=O) groups excluding carboxylic acids is 1. The molecule has 0 aliphatic carbocycles. The van der Waals surface area contributed by atoms with Gasteiger partial charge in [-0.15, -0.1) is 0 Å². The third-order valence-electron chi connectivity index (χ3n) is 5.17. The van der Waals surface area contributed by atoms with E-state index in [0.717, 1.165) is 37.2 Å². The van der Waals surface area contributed by atoms with Gasteiger partial charge in [-0.05, 0) is 67.1 Å². The number of H-pyrrole nitrogens is 1. The van der Waals surface area contributed by atoms with E-state index in [2.05, 4.69) is 4.98 Å². The first kappa shape index (κ1) is 19.2. The maximum absolute atomic E-state index is 12.7. The van der Waals surface area contributed by atoms with Crippen molar-refractivity contribution in [2.24, 2.45) is 5.92 Å². The highest BCUT2D eigenvalue weighted by atomic mass is 16.5. The molecule has 144 valence electrons. The van der Waals surface area contributed by atoms with Gasteiger partial charge in [-0.2, -0.15) is 0 Å². The number of hydrogen-bond acceptors (Lipinski definition) is 4. The van der Waals surface area contributed by atoms with Gasteiger partial charge in [-0.25, -0.2) is 0 Å². The predicted molar refractivity (Wildman–Crippen MR) is 104 cm³/mol. The van der Waals surface area contributed by atoms with Crippen LogP contribution >= 0.6 is 0 Å². The Morgan fingerprint density at radius 2 is 1.81 bits per heavy atom. The van der Waals surface area contributed by atoms with E-state index in [4.69, 9.17) is 9.47 Å². The molecule has 0 bridgehead atoms. The van der Waals surface area contributed by atoms with Crippen LogP contribution in [0.1, 0.15) is 29.6 Å². The zero-order valence-electron chi connectivity index (χ0n) is 15.9. The van der Waals surface area contributed by atoms with Gasteiger partial charge in [0.15, 0.2) is 0 Å². The van der Waals surface area contributed by atoms with E-state index in [0.29, 0.717) is 24.7 Å². The molecule has 0 spiro atoms. The topological polar surface area (TPSA) is 71.6 Å². The van der Waals surface area contributed by atoms with Crippen LogP contribution in [0.15, 0.2) is 41.2 Å². The van der Waals surface area contributed by atoms with Crippen molar-refractivity contribution in [3.8, 4) is 17.0 Å². The summed E-state index contributed by atoms with van der Waals surface area (Å²) in [6.07, 6.45) is 2.93. The summed E-state index contributed by atoms with van der Waals surface area (Å²) in [5, 5.41) is 0. The zero-order valence-corrected chi connectivity index (χ0v) is 15.9. The second-order valence-electron chi connectivity index (χ2n) is 6.86. The van der Waals surface area contributed by atoms with Gasteiger partial charge in [0.25, 0.3) is 11.5 Å². The van der Waals surface area contributed by atoms with Crippen molar-refractivity contribution < 1.29 is 14.3 Å². The lowest BCUT2D eigenvalue weighted by molar-refractivity contribution is 0.0668. The molecule has 1 aliphatic rings. The third-order valence-corrected chi connectivity index (χ3v) is 5.17. The van der Waals surface area contributed by atoms with E-state index in [9.17, 15) is 9.59 Å². The standard InChI is InChI=1S/C21H26N2O4/c1-26-14-11-15-9-12-23(13-10-15)21(25)18-7-8-19(22-20(18)24)16-3-5-17(27-2)6-4-16/h3-8,15H,9-14H2,1-2H3,(H,22,24). The number of methoxy groups -OCH3 is 2. The number of amides is 1. The van der Waals surface area contributed by atoms with Crippen LogP contribution in [0.2, 0.25) is 0 Å². The lowest BCUT2D eigenvalue weighted by Gasteiger charge is -2.31. The first-order valence-electron chi connectivity index (χ1n) is 9.28. The minimum Gasteiger partial charge on any atom is -0.497 e. The molecule has 6 nitrogen and oxygen atoms in total.